The second kappa shape index (κ2) is 6.55. The van der Waals surface area contributed by atoms with E-state index in [2.05, 4.69) is 9.24 Å². The molecule has 0 spiro atoms. The van der Waals surface area contributed by atoms with E-state index in [1.54, 1.807) is 18.2 Å². The molecule has 6 nitrogen and oxygen atoms in total. The van der Waals surface area contributed by atoms with Crippen LogP contribution in [-0.2, 0) is 9.84 Å². The third-order valence-electron chi connectivity index (χ3n) is 4.51. The van der Waals surface area contributed by atoms with Crippen LogP contribution in [0.2, 0.25) is 0 Å². The number of amides is 2. The van der Waals surface area contributed by atoms with Gasteiger partial charge in [0.15, 0.2) is 0 Å². The Morgan fingerprint density at radius 1 is 0.750 bits per heavy atom. The number of nitrogen functional groups attached to an aromatic ring is 1. The number of fused-ring (bicyclic) bond motifs is 1. The van der Waals surface area contributed by atoms with Crippen molar-refractivity contribution in [3.05, 3.63) is 77.9 Å². The number of hydrogen-bond donors (Lipinski definition) is 1. The number of imide groups is 1. The first-order valence-corrected chi connectivity index (χ1v) is 10.3. The average molecular weight is 410 g/mol. The summed E-state index contributed by atoms with van der Waals surface area (Å²) in [5, 5.41) is 0.798. The summed E-state index contributed by atoms with van der Waals surface area (Å²) in [5.41, 5.74) is 7.04. The first-order chi connectivity index (χ1) is 13.3. The summed E-state index contributed by atoms with van der Waals surface area (Å²) in [7, 11) is -1.24. The lowest BCUT2D eigenvalue weighted by Gasteiger charge is -2.14. The van der Waals surface area contributed by atoms with E-state index in [0.717, 1.165) is 10.2 Å². The minimum Gasteiger partial charge on any atom is -0.399 e. The summed E-state index contributed by atoms with van der Waals surface area (Å²) in [6.45, 7) is 0. The predicted molar refractivity (Wildman–Crippen MR) is 110 cm³/mol. The van der Waals surface area contributed by atoms with Gasteiger partial charge >= 0.3 is 0 Å². The standard InChI is InChI=1S/C20H15N2O4PS/c21-12-1-6-15(7-2-12)28(25,26)16-8-3-13(4-9-16)22-19(23)17-10-5-14(27)11-18(17)20(22)24/h1-11H,21,27H2. The lowest BCUT2D eigenvalue weighted by atomic mass is 10.1. The molecule has 2 N–H and O–H groups in total. The maximum absolute atomic E-state index is 12.7. The van der Waals surface area contributed by atoms with Crippen molar-refractivity contribution in [2.24, 2.45) is 0 Å². The number of nitrogens with two attached hydrogens (primary N) is 1. The zero-order valence-corrected chi connectivity index (χ0v) is 16.5. The van der Waals surface area contributed by atoms with Gasteiger partial charge in [0, 0.05) is 5.69 Å². The molecule has 8 heteroatoms. The molecular formula is C20H15N2O4PS. The molecule has 2 amide bonds. The van der Waals surface area contributed by atoms with Crippen molar-refractivity contribution in [1.82, 2.24) is 0 Å². The van der Waals surface area contributed by atoms with Crippen LogP contribution >= 0.6 is 9.24 Å². The summed E-state index contributed by atoms with van der Waals surface area (Å²) in [4.78, 5) is 26.5. The molecule has 1 heterocycles. The molecule has 28 heavy (non-hydrogen) atoms. The Labute approximate surface area is 164 Å². The number of hydrogen-bond acceptors (Lipinski definition) is 5. The van der Waals surface area contributed by atoms with Crippen LogP contribution in [0.4, 0.5) is 11.4 Å². The zero-order chi connectivity index (χ0) is 20.1. The van der Waals surface area contributed by atoms with E-state index in [-0.39, 0.29) is 9.79 Å². The highest BCUT2D eigenvalue weighted by atomic mass is 32.2. The Morgan fingerprint density at radius 3 is 1.89 bits per heavy atom. The van der Waals surface area contributed by atoms with Gasteiger partial charge in [0.05, 0.1) is 26.6 Å². The smallest absolute Gasteiger partial charge is 0.266 e. The molecule has 1 aliphatic heterocycles. The van der Waals surface area contributed by atoms with Gasteiger partial charge in [-0.1, -0.05) is 6.07 Å². The number of rotatable bonds is 3. The maximum atomic E-state index is 12.7. The molecule has 0 radical (unpaired) electrons. The molecular weight excluding hydrogens is 395 g/mol. The summed E-state index contributed by atoms with van der Waals surface area (Å²) >= 11 is 0. The van der Waals surface area contributed by atoms with Gasteiger partial charge in [-0.05, 0) is 66.0 Å². The van der Waals surface area contributed by atoms with Gasteiger partial charge < -0.3 is 5.73 Å². The van der Waals surface area contributed by atoms with Gasteiger partial charge in [0.1, 0.15) is 0 Å². The quantitative estimate of drug-likeness (QED) is 0.406. The highest BCUT2D eigenvalue weighted by molar-refractivity contribution is 7.91. The van der Waals surface area contributed by atoms with Gasteiger partial charge in [-0.15, -0.1) is 9.24 Å². The Bertz CT molecular complexity index is 1220. The van der Waals surface area contributed by atoms with E-state index >= 15 is 0 Å². The minimum absolute atomic E-state index is 0.0601. The Kier molecular flexibility index (Phi) is 4.29. The third kappa shape index (κ3) is 2.89. The minimum atomic E-state index is -3.73. The molecule has 1 unspecified atom stereocenters. The van der Waals surface area contributed by atoms with Gasteiger partial charge in [0.25, 0.3) is 11.8 Å². The van der Waals surface area contributed by atoms with Crippen molar-refractivity contribution < 1.29 is 18.0 Å². The van der Waals surface area contributed by atoms with Crippen molar-refractivity contribution in [3.63, 3.8) is 0 Å². The molecule has 3 aromatic rings. The number of sulfone groups is 1. The molecule has 0 saturated heterocycles. The molecule has 0 fully saturated rings. The molecule has 4 rings (SSSR count). The van der Waals surface area contributed by atoms with Gasteiger partial charge in [-0.25, -0.2) is 13.3 Å². The van der Waals surface area contributed by atoms with Crippen LogP contribution in [0.5, 0.6) is 0 Å². The Morgan fingerprint density at radius 2 is 1.29 bits per heavy atom. The Hall–Kier alpha value is -3.02. The van der Waals surface area contributed by atoms with Crippen LogP contribution in [0.15, 0.2) is 76.5 Å². The number of nitrogens with zero attached hydrogens (tertiary/aromatic N) is 1. The number of carbonyl (C=O) groups excluding carboxylic acids is 2. The van der Waals surface area contributed by atoms with Crippen LogP contribution in [0, 0.1) is 0 Å². The van der Waals surface area contributed by atoms with E-state index < -0.39 is 21.7 Å². The number of carbonyl (C=O) groups is 2. The molecule has 0 aliphatic carbocycles. The predicted octanol–water partition coefficient (Wildman–Crippen LogP) is 2.40. The maximum Gasteiger partial charge on any atom is 0.266 e. The molecule has 0 aromatic heterocycles. The van der Waals surface area contributed by atoms with Gasteiger partial charge in [-0.2, -0.15) is 0 Å². The fraction of sp³-hybridized carbons (Fsp3) is 0. The summed E-state index contributed by atoms with van der Waals surface area (Å²) in [5.74, 6) is -0.863. The van der Waals surface area contributed by atoms with Crippen molar-refractivity contribution >= 4 is 47.6 Å². The fourth-order valence-corrected chi connectivity index (χ4v) is 4.57. The largest absolute Gasteiger partial charge is 0.399 e. The average Bonchev–Trinajstić information content (AvgIpc) is 2.92. The molecule has 140 valence electrons. The molecule has 0 saturated carbocycles. The van der Waals surface area contributed by atoms with Gasteiger partial charge in [0.2, 0.25) is 9.84 Å². The van der Waals surface area contributed by atoms with Crippen LogP contribution < -0.4 is 15.9 Å². The van der Waals surface area contributed by atoms with E-state index in [0.29, 0.717) is 22.5 Å². The van der Waals surface area contributed by atoms with Crippen LogP contribution in [0.3, 0.4) is 0 Å². The van der Waals surface area contributed by atoms with Crippen molar-refractivity contribution in [3.8, 4) is 0 Å². The second-order valence-corrected chi connectivity index (χ2v) is 8.93. The fourth-order valence-electron chi connectivity index (χ4n) is 3.05. The highest BCUT2D eigenvalue weighted by Crippen LogP contribution is 2.30. The normalized spacial score (nSPS) is 13.7. The highest BCUT2D eigenvalue weighted by Gasteiger charge is 2.36. The van der Waals surface area contributed by atoms with Crippen LogP contribution in [0.1, 0.15) is 20.7 Å². The Balaban J connectivity index is 1.68. The summed E-state index contributed by atoms with van der Waals surface area (Å²) in [6.07, 6.45) is 0. The molecule has 1 atom stereocenters. The summed E-state index contributed by atoms with van der Waals surface area (Å²) < 4.78 is 25.5. The van der Waals surface area contributed by atoms with Crippen molar-refractivity contribution in [2.75, 3.05) is 10.6 Å². The summed E-state index contributed by atoms with van der Waals surface area (Å²) in [6, 6.07) is 16.5. The monoisotopic (exact) mass is 410 g/mol. The lowest BCUT2D eigenvalue weighted by Crippen LogP contribution is -2.29. The number of anilines is 2. The second-order valence-electron chi connectivity index (χ2n) is 6.32. The van der Waals surface area contributed by atoms with Gasteiger partial charge in [-0.3, -0.25) is 9.59 Å². The molecule has 3 aromatic carbocycles. The van der Waals surface area contributed by atoms with E-state index in [9.17, 15) is 18.0 Å². The lowest BCUT2D eigenvalue weighted by molar-refractivity contribution is 0.0926. The zero-order valence-electron chi connectivity index (χ0n) is 14.5. The molecule has 0 bridgehead atoms. The molecule has 1 aliphatic rings. The number of benzene rings is 3. The first kappa shape index (κ1) is 18.3. The SMILES string of the molecule is Nc1ccc(S(=O)(=O)c2ccc(N3C(=O)c4ccc(P)cc4C3=O)cc2)cc1. The van der Waals surface area contributed by atoms with Crippen molar-refractivity contribution in [1.29, 1.82) is 0 Å². The van der Waals surface area contributed by atoms with Crippen LogP contribution in [-0.4, -0.2) is 20.2 Å². The third-order valence-corrected chi connectivity index (χ3v) is 6.65. The topological polar surface area (TPSA) is 97.5 Å². The first-order valence-electron chi connectivity index (χ1n) is 8.28. The van der Waals surface area contributed by atoms with E-state index in [4.69, 9.17) is 5.73 Å². The van der Waals surface area contributed by atoms with Crippen molar-refractivity contribution in [2.45, 2.75) is 9.79 Å². The van der Waals surface area contributed by atoms with Crippen LogP contribution in [0.25, 0.3) is 0 Å². The van der Waals surface area contributed by atoms with E-state index in [1.807, 2.05) is 0 Å². The van der Waals surface area contributed by atoms with E-state index in [1.165, 1.54) is 48.5 Å².